The van der Waals surface area contributed by atoms with Crippen LogP contribution in [0.1, 0.15) is 84.5 Å². The second-order valence-corrected chi connectivity index (χ2v) is 6.37. The van der Waals surface area contributed by atoms with Gasteiger partial charge in [0.25, 0.3) is 0 Å². The number of unbranched alkanes of at least 4 members (excludes halogenated alkanes) is 5. The fraction of sp³-hybridized carbons (Fsp3) is 0.682. The van der Waals surface area contributed by atoms with Gasteiger partial charge in [-0.15, -0.1) is 0 Å². The summed E-state index contributed by atoms with van der Waals surface area (Å²) in [6, 6.07) is 0. The molecule has 0 aliphatic carbocycles. The third kappa shape index (κ3) is 18.8. The molecule has 0 aliphatic rings. The lowest BCUT2D eigenvalue weighted by Crippen LogP contribution is -2.17. The Morgan fingerprint density at radius 2 is 1.44 bits per heavy atom. The van der Waals surface area contributed by atoms with Crippen molar-refractivity contribution in [3.63, 3.8) is 0 Å². The summed E-state index contributed by atoms with van der Waals surface area (Å²) in [4.78, 5) is 11.4. The van der Waals surface area contributed by atoms with E-state index in [1.165, 1.54) is 25.7 Å². The van der Waals surface area contributed by atoms with Crippen molar-refractivity contribution in [2.75, 3.05) is 6.61 Å². The lowest BCUT2D eigenvalue weighted by molar-refractivity contribution is -0.146. The highest BCUT2D eigenvalue weighted by molar-refractivity contribution is 5.69. The van der Waals surface area contributed by atoms with Crippen molar-refractivity contribution in [3.8, 4) is 0 Å². The molecule has 0 aromatic rings. The van der Waals surface area contributed by atoms with Crippen molar-refractivity contribution < 1.29 is 14.6 Å². The molecule has 0 heterocycles. The summed E-state index contributed by atoms with van der Waals surface area (Å²) in [6.07, 6.45) is 23.7. The number of carbonyl (C=O) groups is 1. The molecule has 0 aromatic carbocycles. The largest absolute Gasteiger partial charge is 0.463 e. The summed E-state index contributed by atoms with van der Waals surface area (Å²) in [5.41, 5.74) is 0. The molecule has 0 amide bonds. The number of esters is 1. The lowest BCUT2D eigenvalue weighted by atomic mass is 10.1. The molecule has 0 spiro atoms. The van der Waals surface area contributed by atoms with Crippen LogP contribution in [0.5, 0.6) is 0 Å². The Hall–Kier alpha value is -1.35. The summed E-state index contributed by atoms with van der Waals surface area (Å²) in [6.45, 7) is 4.22. The first kappa shape index (κ1) is 23.6. The number of ether oxygens (including phenoxy) is 1. The van der Waals surface area contributed by atoms with Crippen molar-refractivity contribution in [3.05, 3.63) is 36.5 Å². The van der Waals surface area contributed by atoms with E-state index in [4.69, 9.17) is 4.74 Å². The molecule has 144 valence electrons. The molecule has 1 N–H and O–H groups in total. The summed E-state index contributed by atoms with van der Waals surface area (Å²) in [5.74, 6) is -0.206. The first-order valence-corrected chi connectivity index (χ1v) is 9.99. The molecule has 0 bridgehead atoms. The van der Waals surface area contributed by atoms with E-state index in [-0.39, 0.29) is 12.6 Å². The zero-order valence-electron chi connectivity index (χ0n) is 16.3. The highest BCUT2D eigenvalue weighted by Gasteiger charge is 2.06. The van der Waals surface area contributed by atoms with Crippen LogP contribution in [0.15, 0.2) is 36.5 Å². The van der Waals surface area contributed by atoms with Gasteiger partial charge in [-0.05, 0) is 51.4 Å². The van der Waals surface area contributed by atoms with Gasteiger partial charge in [-0.3, -0.25) is 4.79 Å². The summed E-state index contributed by atoms with van der Waals surface area (Å²) in [7, 11) is 0. The second-order valence-electron chi connectivity index (χ2n) is 6.37. The maximum absolute atomic E-state index is 11.4. The molecular weight excluding hydrogens is 312 g/mol. The van der Waals surface area contributed by atoms with Gasteiger partial charge in [0, 0.05) is 6.42 Å². The predicted octanol–water partition coefficient (Wildman–Crippen LogP) is 5.89. The van der Waals surface area contributed by atoms with Crippen LogP contribution in [0, 0.1) is 0 Å². The number of hydrogen-bond donors (Lipinski definition) is 1. The zero-order valence-corrected chi connectivity index (χ0v) is 16.3. The smallest absolute Gasteiger partial charge is 0.305 e. The summed E-state index contributed by atoms with van der Waals surface area (Å²) < 4.78 is 4.99. The molecule has 1 atom stereocenters. The molecule has 0 saturated carbocycles. The minimum atomic E-state index is -0.531. The molecule has 3 heteroatoms. The number of carbonyl (C=O) groups excluding carboxylic acids is 1. The number of aliphatic hydroxyl groups excluding tert-OH is 1. The summed E-state index contributed by atoms with van der Waals surface area (Å²) in [5, 5.41) is 9.32. The van der Waals surface area contributed by atoms with E-state index in [0.717, 1.165) is 32.1 Å². The van der Waals surface area contributed by atoms with Crippen LogP contribution in [-0.2, 0) is 9.53 Å². The van der Waals surface area contributed by atoms with Crippen LogP contribution in [0.2, 0.25) is 0 Å². The maximum atomic E-state index is 11.4. The maximum Gasteiger partial charge on any atom is 0.305 e. The van der Waals surface area contributed by atoms with E-state index in [0.29, 0.717) is 12.8 Å². The molecule has 0 fully saturated rings. The monoisotopic (exact) mass is 350 g/mol. The fourth-order valence-electron chi connectivity index (χ4n) is 2.20. The minimum Gasteiger partial charge on any atom is -0.463 e. The highest BCUT2D eigenvalue weighted by atomic mass is 16.5. The number of hydrogen-bond acceptors (Lipinski definition) is 3. The third-order valence-corrected chi connectivity index (χ3v) is 3.93. The SMILES string of the molecule is CCCCC/C=C\C/C=C\C/C=C\CCCCC(=O)OCC(O)CC. The molecule has 3 nitrogen and oxygen atoms in total. The van der Waals surface area contributed by atoms with Gasteiger partial charge in [-0.1, -0.05) is 63.1 Å². The Labute approximate surface area is 154 Å². The highest BCUT2D eigenvalue weighted by Crippen LogP contribution is 2.04. The number of rotatable bonds is 16. The van der Waals surface area contributed by atoms with Gasteiger partial charge in [-0.2, -0.15) is 0 Å². The molecule has 0 radical (unpaired) electrons. The zero-order chi connectivity index (χ0) is 18.6. The van der Waals surface area contributed by atoms with E-state index in [1.54, 1.807) is 0 Å². The van der Waals surface area contributed by atoms with Crippen molar-refractivity contribution in [1.82, 2.24) is 0 Å². The van der Waals surface area contributed by atoms with Crippen LogP contribution < -0.4 is 0 Å². The van der Waals surface area contributed by atoms with Crippen LogP contribution in [-0.4, -0.2) is 23.8 Å². The Morgan fingerprint density at radius 3 is 2.00 bits per heavy atom. The van der Waals surface area contributed by atoms with Gasteiger partial charge in [-0.25, -0.2) is 0 Å². The summed E-state index contributed by atoms with van der Waals surface area (Å²) >= 11 is 0. The number of allylic oxidation sites excluding steroid dienone is 6. The van der Waals surface area contributed by atoms with Gasteiger partial charge < -0.3 is 9.84 Å². The van der Waals surface area contributed by atoms with E-state index in [9.17, 15) is 9.90 Å². The van der Waals surface area contributed by atoms with Crippen molar-refractivity contribution in [2.24, 2.45) is 0 Å². The Kier molecular flexibility index (Phi) is 18.0. The standard InChI is InChI=1S/C22H38O3/c1-3-5-6-7-8-9-10-11-12-13-14-15-16-17-18-19-22(24)25-20-21(23)4-2/h8-9,11-12,14-15,21,23H,3-7,10,13,16-20H2,1-2H3/b9-8-,12-11-,15-14-. The molecule has 0 rings (SSSR count). The first-order chi connectivity index (χ1) is 12.2. The van der Waals surface area contributed by atoms with E-state index >= 15 is 0 Å². The van der Waals surface area contributed by atoms with Gasteiger partial charge in [0.2, 0.25) is 0 Å². The molecule has 1 unspecified atom stereocenters. The van der Waals surface area contributed by atoms with Gasteiger partial charge >= 0.3 is 5.97 Å². The third-order valence-electron chi connectivity index (χ3n) is 3.93. The average Bonchev–Trinajstić information content (AvgIpc) is 2.62. The van der Waals surface area contributed by atoms with E-state index in [2.05, 4.69) is 43.4 Å². The Bertz CT molecular complexity index is 383. The quantitative estimate of drug-likeness (QED) is 0.214. The van der Waals surface area contributed by atoms with Crippen molar-refractivity contribution >= 4 is 5.97 Å². The van der Waals surface area contributed by atoms with E-state index < -0.39 is 6.10 Å². The van der Waals surface area contributed by atoms with Gasteiger partial charge in [0.05, 0.1) is 6.10 Å². The second kappa shape index (κ2) is 19.0. The fourth-order valence-corrected chi connectivity index (χ4v) is 2.20. The topological polar surface area (TPSA) is 46.5 Å². The normalized spacial score (nSPS) is 13.2. The molecule has 25 heavy (non-hydrogen) atoms. The van der Waals surface area contributed by atoms with Crippen molar-refractivity contribution in [2.45, 2.75) is 90.6 Å². The van der Waals surface area contributed by atoms with Gasteiger partial charge in [0.15, 0.2) is 0 Å². The van der Waals surface area contributed by atoms with Gasteiger partial charge in [0.1, 0.15) is 6.61 Å². The van der Waals surface area contributed by atoms with Crippen LogP contribution in [0.3, 0.4) is 0 Å². The molecule has 0 aromatic heterocycles. The Balaban J connectivity index is 3.43. The van der Waals surface area contributed by atoms with Crippen molar-refractivity contribution in [1.29, 1.82) is 0 Å². The van der Waals surface area contributed by atoms with Crippen LogP contribution in [0.25, 0.3) is 0 Å². The first-order valence-electron chi connectivity index (χ1n) is 9.99. The van der Waals surface area contributed by atoms with Crippen LogP contribution >= 0.6 is 0 Å². The molecular formula is C22H38O3. The Morgan fingerprint density at radius 1 is 0.880 bits per heavy atom. The number of aliphatic hydroxyl groups is 1. The minimum absolute atomic E-state index is 0.121. The predicted molar refractivity (Wildman–Crippen MR) is 107 cm³/mol. The molecule has 0 saturated heterocycles. The lowest BCUT2D eigenvalue weighted by Gasteiger charge is -2.08. The average molecular weight is 351 g/mol. The van der Waals surface area contributed by atoms with Crippen LogP contribution in [0.4, 0.5) is 0 Å². The molecule has 0 aliphatic heterocycles. The van der Waals surface area contributed by atoms with E-state index in [1.807, 2.05) is 6.92 Å².